The van der Waals surface area contributed by atoms with Gasteiger partial charge in [0.2, 0.25) is 5.91 Å². The molecule has 4 aromatic rings. The fourth-order valence-electron chi connectivity index (χ4n) is 4.46. The highest BCUT2D eigenvalue weighted by Gasteiger charge is 2.18. The monoisotopic (exact) mass is 567 g/mol. The molecular formula is C28H34BrN5O3. The zero-order valence-corrected chi connectivity index (χ0v) is 23.0. The van der Waals surface area contributed by atoms with E-state index < -0.39 is 0 Å². The van der Waals surface area contributed by atoms with E-state index in [0.717, 1.165) is 70.1 Å². The molecule has 37 heavy (non-hydrogen) atoms. The van der Waals surface area contributed by atoms with Gasteiger partial charge in [-0.25, -0.2) is 9.97 Å². The Balaban J connectivity index is 1.66. The first-order chi connectivity index (χ1) is 17.9. The van der Waals surface area contributed by atoms with Crippen molar-refractivity contribution >= 4 is 49.6 Å². The number of halogens is 1. The highest BCUT2D eigenvalue weighted by atomic mass is 79.9. The van der Waals surface area contributed by atoms with Crippen LogP contribution in [0, 0.1) is 6.92 Å². The van der Waals surface area contributed by atoms with Crippen LogP contribution in [0.25, 0.3) is 21.9 Å². The molecule has 1 amide bonds. The molecule has 0 radical (unpaired) electrons. The molecule has 0 aliphatic carbocycles. The summed E-state index contributed by atoms with van der Waals surface area (Å²) in [6.45, 7) is 6.21. The molecular weight excluding hydrogens is 534 g/mol. The molecule has 0 aliphatic rings. The number of unbranched alkanes of at least 4 members (excludes halogenated alkanes) is 1. The van der Waals surface area contributed by atoms with E-state index in [1.807, 2.05) is 25.1 Å². The van der Waals surface area contributed by atoms with Gasteiger partial charge in [-0.2, -0.15) is 0 Å². The number of nitrogens with zero attached hydrogens (tertiary/aromatic N) is 3. The predicted molar refractivity (Wildman–Crippen MR) is 151 cm³/mol. The Morgan fingerprint density at radius 3 is 2.70 bits per heavy atom. The molecule has 0 atom stereocenters. The number of amides is 1. The molecule has 0 fully saturated rings. The molecule has 2 aromatic carbocycles. The standard InChI is InChI=1S/C28H34BrN5O3/c1-3-4-5-24-33-26-27(34(24)17-20-7-9-23(35)18(2)14-20)21-15-19(6-8-22(21)32-28(26)30)10-12-37-13-11-31-25(36)16-29/h6-9,14-15,35H,3-5,10-13,16-17H2,1-2H3,(H2,30,32)(H,31,36). The second-order valence-corrected chi connectivity index (χ2v) is 9.79. The van der Waals surface area contributed by atoms with E-state index in [4.69, 9.17) is 15.5 Å². The molecule has 0 saturated carbocycles. The molecule has 196 valence electrons. The lowest BCUT2D eigenvalue weighted by atomic mass is 10.1. The molecule has 4 rings (SSSR count). The summed E-state index contributed by atoms with van der Waals surface area (Å²) >= 11 is 3.13. The average Bonchev–Trinajstić information content (AvgIpc) is 3.26. The normalized spacial score (nSPS) is 11.4. The number of phenols is 1. The number of ether oxygens (including phenoxy) is 1. The van der Waals surface area contributed by atoms with Crippen molar-refractivity contribution in [3.05, 3.63) is 58.9 Å². The number of aromatic nitrogens is 3. The highest BCUT2D eigenvalue weighted by molar-refractivity contribution is 9.09. The third kappa shape index (κ3) is 6.40. The van der Waals surface area contributed by atoms with E-state index >= 15 is 0 Å². The molecule has 0 aliphatic heterocycles. The molecule has 2 aromatic heterocycles. The third-order valence-corrected chi connectivity index (χ3v) is 6.94. The lowest BCUT2D eigenvalue weighted by molar-refractivity contribution is -0.118. The Morgan fingerprint density at radius 1 is 1.14 bits per heavy atom. The predicted octanol–water partition coefficient (Wildman–Crippen LogP) is 4.64. The number of aryl methyl sites for hydroxylation is 2. The summed E-state index contributed by atoms with van der Waals surface area (Å²) < 4.78 is 7.97. The van der Waals surface area contributed by atoms with Crippen molar-refractivity contribution in [2.24, 2.45) is 0 Å². The van der Waals surface area contributed by atoms with Crippen molar-refractivity contribution in [3.63, 3.8) is 0 Å². The molecule has 9 heteroatoms. The number of benzene rings is 2. The molecule has 0 unspecified atom stereocenters. The zero-order chi connectivity index (χ0) is 26.4. The number of hydrogen-bond acceptors (Lipinski definition) is 6. The smallest absolute Gasteiger partial charge is 0.230 e. The zero-order valence-electron chi connectivity index (χ0n) is 21.4. The van der Waals surface area contributed by atoms with Gasteiger partial charge in [-0.05, 0) is 54.7 Å². The number of carbonyl (C=O) groups is 1. The Kier molecular flexibility index (Phi) is 9.00. The minimum atomic E-state index is -0.0497. The van der Waals surface area contributed by atoms with Gasteiger partial charge in [-0.15, -0.1) is 0 Å². The third-order valence-electron chi connectivity index (χ3n) is 6.43. The largest absolute Gasteiger partial charge is 0.508 e. The first-order valence-electron chi connectivity index (χ1n) is 12.7. The summed E-state index contributed by atoms with van der Waals surface area (Å²) in [5.41, 5.74) is 12.0. The number of pyridine rings is 1. The maximum absolute atomic E-state index is 11.3. The van der Waals surface area contributed by atoms with E-state index in [9.17, 15) is 9.90 Å². The number of phenolic OH excluding ortho intramolecular Hbond substituents is 1. The first kappa shape index (κ1) is 26.9. The van der Waals surface area contributed by atoms with Crippen LogP contribution in [-0.2, 0) is 28.9 Å². The SMILES string of the molecule is CCCCc1nc2c(N)nc3ccc(CCOCCNC(=O)CBr)cc3c2n1Cc1ccc(O)c(C)c1. The number of rotatable bonds is 12. The van der Waals surface area contributed by atoms with Crippen LogP contribution in [0.3, 0.4) is 0 Å². The summed E-state index contributed by atoms with van der Waals surface area (Å²) in [5, 5.41) is 14.1. The number of hydrogen-bond donors (Lipinski definition) is 3. The van der Waals surface area contributed by atoms with Gasteiger partial charge < -0.3 is 25.5 Å². The van der Waals surface area contributed by atoms with Crippen LogP contribution < -0.4 is 11.1 Å². The number of nitrogens with two attached hydrogens (primary N) is 1. The van der Waals surface area contributed by atoms with Crippen LogP contribution in [0.15, 0.2) is 36.4 Å². The molecule has 0 spiro atoms. The van der Waals surface area contributed by atoms with Gasteiger partial charge in [0, 0.05) is 24.9 Å². The minimum Gasteiger partial charge on any atom is -0.508 e. The van der Waals surface area contributed by atoms with Gasteiger partial charge in [0.15, 0.2) is 5.82 Å². The summed E-state index contributed by atoms with van der Waals surface area (Å²) in [6, 6.07) is 11.9. The summed E-state index contributed by atoms with van der Waals surface area (Å²) in [7, 11) is 0. The van der Waals surface area contributed by atoms with Crippen molar-refractivity contribution < 1.29 is 14.6 Å². The van der Waals surface area contributed by atoms with Crippen molar-refractivity contribution in [1.29, 1.82) is 0 Å². The van der Waals surface area contributed by atoms with Crippen LogP contribution in [0.1, 0.15) is 42.3 Å². The van der Waals surface area contributed by atoms with E-state index in [0.29, 0.717) is 43.2 Å². The summed E-state index contributed by atoms with van der Waals surface area (Å²) in [4.78, 5) is 20.9. The Hall–Kier alpha value is -3.17. The maximum atomic E-state index is 11.3. The number of nitrogen functional groups attached to an aromatic ring is 1. The number of carbonyl (C=O) groups excluding carboxylic acids is 1. The Bertz CT molecular complexity index is 1400. The van der Waals surface area contributed by atoms with E-state index in [1.54, 1.807) is 6.07 Å². The lowest BCUT2D eigenvalue weighted by Crippen LogP contribution is -2.28. The van der Waals surface area contributed by atoms with Crippen molar-refractivity contribution in [3.8, 4) is 5.75 Å². The average molecular weight is 569 g/mol. The molecule has 0 bridgehead atoms. The minimum absolute atomic E-state index is 0.0497. The van der Waals surface area contributed by atoms with Gasteiger partial charge in [0.1, 0.15) is 17.1 Å². The quantitative estimate of drug-likeness (QED) is 0.169. The maximum Gasteiger partial charge on any atom is 0.230 e. The molecule has 8 nitrogen and oxygen atoms in total. The number of aromatic hydroxyl groups is 1. The van der Waals surface area contributed by atoms with Crippen LogP contribution in [-0.4, -0.2) is 50.6 Å². The van der Waals surface area contributed by atoms with Crippen LogP contribution in [0.2, 0.25) is 0 Å². The number of imidazole rings is 1. The second-order valence-electron chi connectivity index (χ2n) is 9.23. The number of fused-ring (bicyclic) bond motifs is 3. The molecule has 0 saturated heterocycles. The van der Waals surface area contributed by atoms with Gasteiger partial charge in [0.25, 0.3) is 0 Å². The fourth-order valence-corrected chi connectivity index (χ4v) is 4.65. The highest BCUT2D eigenvalue weighted by Crippen LogP contribution is 2.31. The van der Waals surface area contributed by atoms with E-state index in [1.165, 1.54) is 0 Å². The Morgan fingerprint density at radius 2 is 1.95 bits per heavy atom. The van der Waals surface area contributed by atoms with Crippen molar-refractivity contribution in [2.45, 2.75) is 46.1 Å². The van der Waals surface area contributed by atoms with E-state index in [-0.39, 0.29) is 5.91 Å². The number of anilines is 1. The van der Waals surface area contributed by atoms with Crippen molar-refractivity contribution in [1.82, 2.24) is 19.9 Å². The van der Waals surface area contributed by atoms with E-state index in [2.05, 4.69) is 49.9 Å². The number of nitrogens with one attached hydrogen (secondary N) is 1. The van der Waals surface area contributed by atoms with Crippen LogP contribution in [0.4, 0.5) is 5.82 Å². The Labute approximate surface area is 225 Å². The first-order valence-corrected chi connectivity index (χ1v) is 13.8. The topological polar surface area (TPSA) is 115 Å². The van der Waals surface area contributed by atoms with Gasteiger partial charge in [-0.3, -0.25) is 4.79 Å². The summed E-state index contributed by atoms with van der Waals surface area (Å²) in [6.07, 6.45) is 3.69. The second kappa shape index (κ2) is 12.4. The van der Waals surface area contributed by atoms with Crippen LogP contribution >= 0.6 is 15.9 Å². The lowest BCUT2D eigenvalue weighted by Gasteiger charge is -2.13. The number of alkyl halides is 1. The van der Waals surface area contributed by atoms with Crippen molar-refractivity contribution in [2.75, 3.05) is 30.8 Å². The fraction of sp³-hybridized carbons (Fsp3) is 0.393. The van der Waals surface area contributed by atoms with Gasteiger partial charge >= 0.3 is 0 Å². The van der Waals surface area contributed by atoms with Crippen LogP contribution in [0.5, 0.6) is 5.75 Å². The van der Waals surface area contributed by atoms with Gasteiger partial charge in [-0.1, -0.05) is 47.5 Å². The molecule has 2 heterocycles. The molecule has 4 N–H and O–H groups in total. The summed E-state index contributed by atoms with van der Waals surface area (Å²) in [5.74, 6) is 1.67. The van der Waals surface area contributed by atoms with Gasteiger partial charge in [0.05, 0.1) is 29.6 Å².